The fraction of sp³-hybridized carbons (Fsp3) is 0.143. The van der Waals surface area contributed by atoms with Crippen LogP contribution in [0, 0.1) is 0 Å². The van der Waals surface area contributed by atoms with Gasteiger partial charge in [-0.15, -0.1) is 0 Å². The molecule has 0 aliphatic rings. The van der Waals surface area contributed by atoms with Gasteiger partial charge < -0.3 is 5.11 Å². The van der Waals surface area contributed by atoms with Crippen molar-refractivity contribution >= 4 is 20.4 Å². The summed E-state index contributed by atoms with van der Waals surface area (Å²) in [7, 11) is -5.78. The largest absolute Gasteiger partial charge is 0.508 e. The predicted molar refractivity (Wildman–Crippen MR) is 80.5 cm³/mol. The highest BCUT2D eigenvalue weighted by molar-refractivity contribution is 8.32. The fourth-order valence-corrected chi connectivity index (χ4v) is 5.37. The number of hydrogen-bond acceptors (Lipinski definition) is 4. The molecule has 0 saturated carbocycles. The normalized spacial score (nSPS) is 13.1. The van der Waals surface area contributed by atoms with Crippen molar-refractivity contribution in [2.45, 2.75) is 9.79 Å². The summed E-state index contributed by atoms with van der Waals surface area (Å²) in [6, 6.07) is 14.4. The molecule has 4 nitrogen and oxygen atoms in total. The number of aromatic hydroxyl groups is 1. The number of phenolic OH excluding ortho intramolecular Hbond substituents is 1. The van der Waals surface area contributed by atoms with Crippen LogP contribution in [0.25, 0.3) is 0 Å². The summed E-state index contributed by atoms with van der Waals surface area (Å²) >= 11 is 0. The lowest BCUT2D eigenvalue weighted by molar-refractivity contribution is 0.475. The van der Waals surface area contributed by atoms with Gasteiger partial charge in [0.15, 0.2) is 0 Å². The van der Waals surface area contributed by atoms with Crippen LogP contribution in [-0.2, 0) is 13.7 Å². The van der Waals surface area contributed by atoms with Crippen LogP contribution in [0.1, 0.15) is 0 Å². The molecule has 6 heteroatoms. The van der Waals surface area contributed by atoms with Gasteiger partial charge in [-0.3, -0.25) is 0 Å². The first kappa shape index (κ1) is 14.9. The minimum absolute atomic E-state index is 0.134. The van der Waals surface area contributed by atoms with E-state index in [-0.39, 0.29) is 10.6 Å². The van der Waals surface area contributed by atoms with Crippen molar-refractivity contribution in [3.63, 3.8) is 0 Å². The van der Waals surface area contributed by atoms with Gasteiger partial charge in [-0.25, -0.2) is 3.63 Å². The molecule has 108 valence electrons. The van der Waals surface area contributed by atoms with Crippen molar-refractivity contribution in [1.29, 1.82) is 0 Å². The van der Waals surface area contributed by atoms with Crippen molar-refractivity contribution in [2.75, 3.05) is 12.5 Å². The van der Waals surface area contributed by atoms with Gasteiger partial charge in [-0.05, 0) is 48.9 Å². The maximum atomic E-state index is 12.2. The average Bonchev–Trinajstić information content (AvgIpc) is 2.39. The molecular formula is C14H16O4S2. The van der Waals surface area contributed by atoms with Gasteiger partial charge in [-0.1, -0.05) is 28.5 Å². The molecule has 0 fully saturated rings. The van der Waals surface area contributed by atoms with Crippen LogP contribution >= 0.6 is 10.3 Å². The Morgan fingerprint density at radius 2 is 1.40 bits per heavy atom. The Kier molecular flexibility index (Phi) is 4.08. The minimum Gasteiger partial charge on any atom is -0.508 e. The topological polar surface area (TPSA) is 63.6 Å². The molecule has 2 rings (SSSR count). The van der Waals surface area contributed by atoms with E-state index in [2.05, 4.69) is 0 Å². The number of phenols is 1. The summed E-state index contributed by atoms with van der Waals surface area (Å²) in [5.74, 6) is 0.134. The van der Waals surface area contributed by atoms with E-state index in [4.69, 9.17) is 3.63 Å². The van der Waals surface area contributed by atoms with Gasteiger partial charge in [0.05, 0.1) is 4.90 Å². The summed E-state index contributed by atoms with van der Waals surface area (Å²) in [6.07, 6.45) is 3.50. The molecule has 0 heterocycles. The maximum Gasteiger partial charge on any atom is 0.306 e. The molecule has 0 saturated heterocycles. The third kappa shape index (κ3) is 3.33. The summed E-state index contributed by atoms with van der Waals surface area (Å²) in [4.78, 5) is 0.883. The highest BCUT2D eigenvalue weighted by Gasteiger charge is 2.25. The Labute approximate surface area is 120 Å². The van der Waals surface area contributed by atoms with Crippen LogP contribution in [0.2, 0.25) is 0 Å². The molecule has 0 amide bonds. The minimum atomic E-state index is -3.80. The molecule has 0 spiro atoms. The molecule has 2 aromatic rings. The third-order valence-corrected chi connectivity index (χ3v) is 7.03. The highest BCUT2D eigenvalue weighted by atomic mass is 32.3. The monoisotopic (exact) mass is 312 g/mol. The first-order valence-electron chi connectivity index (χ1n) is 5.85. The van der Waals surface area contributed by atoms with E-state index in [1.807, 2.05) is 0 Å². The average molecular weight is 312 g/mol. The summed E-state index contributed by atoms with van der Waals surface area (Å²) in [5, 5.41) is 9.28. The quantitative estimate of drug-likeness (QED) is 0.942. The lowest BCUT2D eigenvalue weighted by atomic mass is 10.3. The Bertz CT molecular complexity index is 677. The summed E-state index contributed by atoms with van der Waals surface area (Å²) in [5.41, 5.74) is 0. The van der Waals surface area contributed by atoms with Gasteiger partial charge in [-0.2, -0.15) is 8.42 Å². The van der Waals surface area contributed by atoms with Gasteiger partial charge in [0.1, 0.15) is 5.75 Å². The molecule has 0 bridgehead atoms. The first-order chi connectivity index (χ1) is 9.31. The molecule has 0 aromatic heterocycles. The van der Waals surface area contributed by atoms with Crippen molar-refractivity contribution in [3.05, 3.63) is 54.6 Å². The number of benzene rings is 2. The molecule has 1 N–H and O–H groups in total. The highest BCUT2D eigenvalue weighted by Crippen LogP contribution is 2.52. The van der Waals surface area contributed by atoms with Gasteiger partial charge in [0.2, 0.25) is 0 Å². The lowest BCUT2D eigenvalue weighted by Gasteiger charge is -2.30. The second-order valence-corrected chi connectivity index (χ2v) is 9.42. The Morgan fingerprint density at radius 1 is 0.850 bits per heavy atom. The van der Waals surface area contributed by atoms with Crippen LogP contribution in [0.4, 0.5) is 0 Å². The van der Waals surface area contributed by atoms with Crippen molar-refractivity contribution in [1.82, 2.24) is 0 Å². The number of hydrogen-bond donors (Lipinski definition) is 1. The summed E-state index contributed by atoms with van der Waals surface area (Å²) in [6.45, 7) is 0. The van der Waals surface area contributed by atoms with Gasteiger partial charge in [0, 0.05) is 4.90 Å². The van der Waals surface area contributed by atoms with E-state index in [1.54, 1.807) is 42.8 Å². The second kappa shape index (κ2) is 5.47. The van der Waals surface area contributed by atoms with E-state index >= 15 is 0 Å². The van der Waals surface area contributed by atoms with E-state index in [1.165, 1.54) is 24.3 Å². The first-order valence-corrected chi connectivity index (χ1v) is 9.63. The summed E-state index contributed by atoms with van der Waals surface area (Å²) < 4.78 is 29.9. The van der Waals surface area contributed by atoms with Crippen molar-refractivity contribution < 1.29 is 17.2 Å². The third-order valence-electron chi connectivity index (χ3n) is 2.70. The smallest absolute Gasteiger partial charge is 0.306 e. The Morgan fingerprint density at radius 3 is 1.95 bits per heavy atom. The van der Waals surface area contributed by atoms with Crippen LogP contribution in [-0.4, -0.2) is 26.0 Å². The second-order valence-electron chi connectivity index (χ2n) is 4.56. The van der Waals surface area contributed by atoms with Gasteiger partial charge in [0.25, 0.3) is 0 Å². The van der Waals surface area contributed by atoms with Crippen molar-refractivity contribution in [3.8, 4) is 5.75 Å². The fourth-order valence-electron chi connectivity index (χ4n) is 1.66. The van der Waals surface area contributed by atoms with E-state index in [0.717, 1.165) is 4.90 Å². The number of rotatable bonds is 4. The maximum absolute atomic E-state index is 12.2. The molecule has 0 aliphatic carbocycles. The molecule has 20 heavy (non-hydrogen) atoms. The van der Waals surface area contributed by atoms with Crippen LogP contribution in [0.3, 0.4) is 0 Å². The van der Waals surface area contributed by atoms with Crippen LogP contribution in [0.5, 0.6) is 5.75 Å². The molecule has 0 atom stereocenters. The van der Waals surface area contributed by atoms with Crippen LogP contribution < -0.4 is 0 Å². The molecular weight excluding hydrogens is 296 g/mol. The Hall–Kier alpha value is -1.50. The van der Waals surface area contributed by atoms with E-state index < -0.39 is 20.4 Å². The zero-order valence-electron chi connectivity index (χ0n) is 11.2. The standard InChI is InChI=1S/C14H16O4S2/c1-19(2,13-10-8-12(15)9-11-13)18-20(16,17)14-6-4-3-5-7-14/h3-11,15H,1-2H3. The lowest BCUT2D eigenvalue weighted by Crippen LogP contribution is -2.10. The zero-order valence-corrected chi connectivity index (χ0v) is 12.8. The van der Waals surface area contributed by atoms with Crippen LogP contribution in [0.15, 0.2) is 64.4 Å². The SMILES string of the molecule is CS(C)(OS(=O)(=O)c1ccccc1)c1ccc(O)cc1. The van der Waals surface area contributed by atoms with E-state index in [9.17, 15) is 13.5 Å². The zero-order chi connectivity index (χ0) is 14.8. The molecule has 0 radical (unpaired) electrons. The molecule has 2 aromatic carbocycles. The Balaban J connectivity index is 2.30. The van der Waals surface area contributed by atoms with E-state index in [0.29, 0.717) is 0 Å². The van der Waals surface area contributed by atoms with Gasteiger partial charge >= 0.3 is 10.1 Å². The predicted octanol–water partition coefficient (Wildman–Crippen LogP) is 3.14. The van der Waals surface area contributed by atoms with Crippen molar-refractivity contribution in [2.24, 2.45) is 0 Å². The molecule has 0 aliphatic heterocycles. The molecule has 0 unspecified atom stereocenters.